The number of hydrogen-bond donors (Lipinski definition) is 1. The van der Waals surface area contributed by atoms with E-state index in [2.05, 4.69) is 15.2 Å². The molecule has 6 nitrogen and oxygen atoms in total. The molecule has 0 saturated carbocycles. The normalized spacial score (nSPS) is 11.0. The Bertz CT molecular complexity index is 1070. The average Bonchev–Trinajstić information content (AvgIpc) is 3.28. The maximum absolute atomic E-state index is 13.3. The summed E-state index contributed by atoms with van der Waals surface area (Å²) in [4.78, 5) is 4.39. The SMILES string of the molecule is Cc1ccc(-c2nnc(SCc3coc(-c4cccc(F)c4)n3)n2N)cc1. The third-order valence-electron chi connectivity index (χ3n) is 3.95. The number of nitrogens with zero attached hydrogens (tertiary/aromatic N) is 4. The molecule has 0 radical (unpaired) electrons. The van der Waals surface area contributed by atoms with E-state index in [9.17, 15) is 4.39 Å². The number of benzene rings is 2. The van der Waals surface area contributed by atoms with Crippen LogP contribution in [0.2, 0.25) is 0 Å². The van der Waals surface area contributed by atoms with Crippen LogP contribution < -0.4 is 5.84 Å². The maximum Gasteiger partial charge on any atom is 0.226 e. The molecule has 8 heteroatoms. The molecule has 0 bridgehead atoms. The van der Waals surface area contributed by atoms with Crippen LogP contribution in [0.5, 0.6) is 0 Å². The van der Waals surface area contributed by atoms with E-state index in [0.717, 1.165) is 11.1 Å². The molecule has 0 fully saturated rings. The van der Waals surface area contributed by atoms with E-state index in [-0.39, 0.29) is 5.82 Å². The van der Waals surface area contributed by atoms with Crippen LogP contribution in [0.1, 0.15) is 11.3 Å². The zero-order chi connectivity index (χ0) is 18.8. The second-order valence-electron chi connectivity index (χ2n) is 5.99. The Hall–Kier alpha value is -3.13. The van der Waals surface area contributed by atoms with Gasteiger partial charge in [0, 0.05) is 16.9 Å². The quantitative estimate of drug-likeness (QED) is 0.415. The molecule has 4 rings (SSSR count). The van der Waals surface area contributed by atoms with Gasteiger partial charge in [0.1, 0.15) is 12.1 Å². The lowest BCUT2D eigenvalue weighted by Crippen LogP contribution is -2.11. The van der Waals surface area contributed by atoms with Crippen molar-refractivity contribution in [3.05, 3.63) is 71.9 Å². The van der Waals surface area contributed by atoms with Gasteiger partial charge in [-0.2, -0.15) is 0 Å². The molecule has 2 aromatic heterocycles. The van der Waals surface area contributed by atoms with Gasteiger partial charge in [-0.3, -0.25) is 0 Å². The second kappa shape index (κ2) is 7.24. The van der Waals surface area contributed by atoms with Crippen LogP contribution in [-0.2, 0) is 5.75 Å². The third-order valence-corrected chi connectivity index (χ3v) is 4.92. The van der Waals surface area contributed by atoms with Crippen molar-refractivity contribution >= 4 is 11.8 Å². The molecule has 2 heterocycles. The van der Waals surface area contributed by atoms with Gasteiger partial charge in [-0.1, -0.05) is 47.7 Å². The highest BCUT2D eigenvalue weighted by molar-refractivity contribution is 7.98. The summed E-state index contributed by atoms with van der Waals surface area (Å²) in [6.07, 6.45) is 1.55. The Balaban J connectivity index is 1.47. The summed E-state index contributed by atoms with van der Waals surface area (Å²) >= 11 is 1.40. The lowest BCUT2D eigenvalue weighted by molar-refractivity contribution is 0.571. The molecule has 4 aromatic rings. The number of rotatable bonds is 5. The lowest BCUT2D eigenvalue weighted by Gasteiger charge is -2.03. The van der Waals surface area contributed by atoms with Gasteiger partial charge in [-0.05, 0) is 25.1 Å². The molecule has 0 unspecified atom stereocenters. The predicted molar refractivity (Wildman–Crippen MR) is 102 cm³/mol. The molecule has 0 aliphatic carbocycles. The molecular weight excluding hydrogens is 365 g/mol. The van der Waals surface area contributed by atoms with Crippen LogP contribution in [0.25, 0.3) is 22.8 Å². The van der Waals surface area contributed by atoms with E-state index in [0.29, 0.717) is 33.9 Å². The van der Waals surface area contributed by atoms with E-state index in [1.54, 1.807) is 18.4 Å². The van der Waals surface area contributed by atoms with E-state index < -0.39 is 0 Å². The summed E-state index contributed by atoms with van der Waals surface area (Å²) in [5.74, 6) is 7.28. The summed E-state index contributed by atoms with van der Waals surface area (Å²) in [6.45, 7) is 2.02. The largest absolute Gasteiger partial charge is 0.444 e. The summed E-state index contributed by atoms with van der Waals surface area (Å²) in [7, 11) is 0. The Morgan fingerprint density at radius 3 is 2.70 bits per heavy atom. The average molecular weight is 381 g/mol. The minimum Gasteiger partial charge on any atom is -0.444 e. The van der Waals surface area contributed by atoms with Crippen molar-refractivity contribution in [1.29, 1.82) is 0 Å². The fourth-order valence-electron chi connectivity index (χ4n) is 2.54. The van der Waals surface area contributed by atoms with E-state index in [1.807, 2.05) is 31.2 Å². The van der Waals surface area contributed by atoms with Gasteiger partial charge >= 0.3 is 0 Å². The number of nitrogens with two attached hydrogens (primary N) is 1. The first kappa shape index (κ1) is 17.3. The standard InChI is InChI=1S/C19H16FN5OS/c1-12-5-7-13(8-6-12)17-23-24-19(25(17)21)27-11-16-10-26-18(22-16)14-3-2-4-15(20)9-14/h2-10H,11,21H2,1H3. The predicted octanol–water partition coefficient (Wildman–Crippen LogP) is 4.05. The van der Waals surface area contributed by atoms with Crippen LogP contribution in [0, 0.1) is 12.7 Å². The number of aromatic nitrogens is 4. The minimum absolute atomic E-state index is 0.332. The van der Waals surface area contributed by atoms with Crippen LogP contribution >= 0.6 is 11.8 Å². The molecule has 0 spiro atoms. The third kappa shape index (κ3) is 3.70. The molecule has 0 atom stereocenters. The van der Waals surface area contributed by atoms with E-state index in [4.69, 9.17) is 10.3 Å². The highest BCUT2D eigenvalue weighted by atomic mass is 32.2. The van der Waals surface area contributed by atoms with Crippen LogP contribution in [0.4, 0.5) is 4.39 Å². The number of nitrogen functional groups attached to an aromatic ring is 1. The molecule has 0 aliphatic heterocycles. The first-order chi connectivity index (χ1) is 13.1. The van der Waals surface area contributed by atoms with Gasteiger partial charge in [0.25, 0.3) is 0 Å². The fraction of sp³-hybridized carbons (Fsp3) is 0.105. The molecule has 2 aromatic carbocycles. The summed E-state index contributed by atoms with van der Waals surface area (Å²) in [5, 5.41) is 8.89. The maximum atomic E-state index is 13.3. The number of thioether (sulfide) groups is 1. The summed E-state index contributed by atoms with van der Waals surface area (Å²) in [5.41, 5.74) is 3.36. The van der Waals surface area contributed by atoms with Crippen molar-refractivity contribution in [2.75, 3.05) is 5.84 Å². The Morgan fingerprint density at radius 2 is 1.93 bits per heavy atom. The van der Waals surface area contributed by atoms with Crippen molar-refractivity contribution in [3.63, 3.8) is 0 Å². The van der Waals surface area contributed by atoms with Crippen molar-refractivity contribution in [2.45, 2.75) is 17.8 Å². The van der Waals surface area contributed by atoms with Gasteiger partial charge < -0.3 is 10.3 Å². The monoisotopic (exact) mass is 381 g/mol. The second-order valence-corrected chi connectivity index (χ2v) is 6.93. The summed E-state index contributed by atoms with van der Waals surface area (Å²) < 4.78 is 20.2. The minimum atomic E-state index is -0.332. The van der Waals surface area contributed by atoms with Gasteiger partial charge in [0.05, 0.1) is 5.69 Å². The highest BCUT2D eigenvalue weighted by Crippen LogP contribution is 2.26. The van der Waals surface area contributed by atoms with Crippen LogP contribution in [0.3, 0.4) is 0 Å². The Kier molecular flexibility index (Phi) is 4.64. The summed E-state index contributed by atoms with van der Waals surface area (Å²) in [6, 6.07) is 14.0. The van der Waals surface area contributed by atoms with Crippen LogP contribution in [0.15, 0.2) is 64.4 Å². The zero-order valence-corrected chi connectivity index (χ0v) is 15.3. The Morgan fingerprint density at radius 1 is 1.11 bits per heavy atom. The number of aryl methyl sites for hydroxylation is 1. The van der Waals surface area contributed by atoms with Gasteiger partial charge in [0.2, 0.25) is 11.0 Å². The molecule has 136 valence electrons. The first-order valence-corrected chi connectivity index (χ1v) is 9.19. The molecule has 0 aliphatic rings. The van der Waals surface area contributed by atoms with Crippen molar-refractivity contribution in [1.82, 2.24) is 19.9 Å². The van der Waals surface area contributed by atoms with E-state index in [1.165, 1.54) is 28.6 Å². The smallest absolute Gasteiger partial charge is 0.226 e. The number of halogens is 1. The van der Waals surface area contributed by atoms with Crippen molar-refractivity contribution < 1.29 is 8.81 Å². The molecule has 2 N–H and O–H groups in total. The lowest BCUT2D eigenvalue weighted by atomic mass is 10.1. The molecular formula is C19H16FN5OS. The molecule has 0 amide bonds. The topological polar surface area (TPSA) is 82.8 Å². The van der Waals surface area contributed by atoms with Crippen molar-refractivity contribution in [2.24, 2.45) is 0 Å². The number of hydrogen-bond acceptors (Lipinski definition) is 6. The van der Waals surface area contributed by atoms with Crippen LogP contribution in [-0.4, -0.2) is 19.9 Å². The number of oxazole rings is 1. The molecule has 27 heavy (non-hydrogen) atoms. The van der Waals surface area contributed by atoms with Gasteiger partial charge in [0.15, 0.2) is 5.82 Å². The molecule has 0 saturated heterocycles. The Labute approximate surface area is 159 Å². The fourth-order valence-corrected chi connectivity index (χ4v) is 3.27. The highest BCUT2D eigenvalue weighted by Gasteiger charge is 2.14. The van der Waals surface area contributed by atoms with Gasteiger partial charge in [-0.25, -0.2) is 14.1 Å². The zero-order valence-electron chi connectivity index (χ0n) is 14.5. The van der Waals surface area contributed by atoms with Gasteiger partial charge in [-0.15, -0.1) is 10.2 Å². The van der Waals surface area contributed by atoms with E-state index >= 15 is 0 Å². The van der Waals surface area contributed by atoms with Crippen molar-refractivity contribution in [3.8, 4) is 22.8 Å². The first-order valence-electron chi connectivity index (χ1n) is 8.21.